The quantitative estimate of drug-likeness (QED) is 0.540. The van der Waals surface area contributed by atoms with Crippen LogP contribution in [0.4, 0.5) is 0 Å². The fourth-order valence-corrected chi connectivity index (χ4v) is 1.08. The van der Waals surface area contributed by atoms with Crippen molar-refractivity contribution in [3.63, 3.8) is 0 Å². The molecule has 0 radical (unpaired) electrons. The van der Waals surface area contributed by atoms with E-state index in [1.165, 1.54) is 6.92 Å². The summed E-state index contributed by atoms with van der Waals surface area (Å²) in [5.41, 5.74) is 0.623. The van der Waals surface area contributed by atoms with Crippen molar-refractivity contribution < 1.29 is 9.53 Å². The summed E-state index contributed by atoms with van der Waals surface area (Å²) in [6.45, 7) is 5.97. The van der Waals surface area contributed by atoms with E-state index in [1.54, 1.807) is 0 Å². The molecule has 2 nitrogen and oxygen atoms in total. The SMILES string of the molecule is C=C(C(C)=O)C1CCCO1. The predicted octanol–water partition coefficient (Wildman–Crippen LogP) is 1.31. The van der Waals surface area contributed by atoms with Crippen LogP contribution in [0.5, 0.6) is 0 Å². The Bertz CT molecular complexity index is 155. The van der Waals surface area contributed by atoms with Gasteiger partial charge in [0.1, 0.15) is 0 Å². The average molecular weight is 140 g/mol. The molecule has 0 saturated carbocycles. The van der Waals surface area contributed by atoms with Crippen molar-refractivity contribution in [2.75, 3.05) is 6.61 Å². The third-order valence-corrected chi connectivity index (χ3v) is 1.77. The molecule has 0 aliphatic carbocycles. The van der Waals surface area contributed by atoms with E-state index in [-0.39, 0.29) is 11.9 Å². The highest BCUT2D eigenvalue weighted by Gasteiger charge is 2.20. The molecule has 1 saturated heterocycles. The van der Waals surface area contributed by atoms with Gasteiger partial charge in [-0.25, -0.2) is 0 Å². The molecule has 10 heavy (non-hydrogen) atoms. The molecular weight excluding hydrogens is 128 g/mol. The molecule has 1 fully saturated rings. The molecule has 0 amide bonds. The van der Waals surface area contributed by atoms with Gasteiger partial charge in [-0.3, -0.25) is 4.79 Å². The van der Waals surface area contributed by atoms with E-state index in [0.717, 1.165) is 19.4 Å². The van der Waals surface area contributed by atoms with E-state index in [0.29, 0.717) is 5.57 Å². The Labute approximate surface area is 60.9 Å². The molecule has 1 aliphatic rings. The average Bonchev–Trinajstić information content (AvgIpc) is 2.36. The first-order valence-corrected chi connectivity index (χ1v) is 3.53. The van der Waals surface area contributed by atoms with Gasteiger partial charge >= 0.3 is 0 Å². The molecule has 0 N–H and O–H groups in total. The van der Waals surface area contributed by atoms with Gasteiger partial charge in [0.25, 0.3) is 0 Å². The zero-order valence-electron chi connectivity index (χ0n) is 6.22. The van der Waals surface area contributed by atoms with Crippen molar-refractivity contribution in [1.29, 1.82) is 0 Å². The molecule has 1 rings (SSSR count). The first-order valence-electron chi connectivity index (χ1n) is 3.53. The van der Waals surface area contributed by atoms with Gasteiger partial charge in [0, 0.05) is 12.2 Å². The standard InChI is InChI=1S/C8H12O2/c1-6(7(2)9)8-4-3-5-10-8/h8H,1,3-5H2,2H3. The normalized spacial score (nSPS) is 24.7. The summed E-state index contributed by atoms with van der Waals surface area (Å²) in [6, 6.07) is 0. The van der Waals surface area contributed by atoms with Gasteiger partial charge in [0.05, 0.1) is 6.10 Å². The van der Waals surface area contributed by atoms with Crippen LogP contribution in [0.15, 0.2) is 12.2 Å². The van der Waals surface area contributed by atoms with E-state index in [1.807, 2.05) is 0 Å². The third kappa shape index (κ3) is 1.45. The second kappa shape index (κ2) is 2.97. The monoisotopic (exact) mass is 140 g/mol. The number of carbonyl (C=O) groups excluding carboxylic acids is 1. The molecule has 0 aromatic rings. The van der Waals surface area contributed by atoms with Crippen LogP contribution in [0.25, 0.3) is 0 Å². The summed E-state index contributed by atoms with van der Waals surface area (Å²) in [4.78, 5) is 10.8. The second-order valence-electron chi connectivity index (χ2n) is 2.58. The molecule has 1 aliphatic heterocycles. The summed E-state index contributed by atoms with van der Waals surface area (Å²) in [5.74, 6) is 0.0481. The van der Waals surface area contributed by atoms with Crippen molar-refractivity contribution in [1.82, 2.24) is 0 Å². The molecule has 0 bridgehead atoms. The van der Waals surface area contributed by atoms with Crippen LogP contribution >= 0.6 is 0 Å². The second-order valence-corrected chi connectivity index (χ2v) is 2.58. The Morgan fingerprint density at radius 1 is 1.70 bits per heavy atom. The van der Waals surface area contributed by atoms with E-state index in [2.05, 4.69) is 6.58 Å². The van der Waals surface area contributed by atoms with Crippen LogP contribution in [0.2, 0.25) is 0 Å². The van der Waals surface area contributed by atoms with Crippen LogP contribution in [-0.4, -0.2) is 18.5 Å². The van der Waals surface area contributed by atoms with E-state index < -0.39 is 0 Å². The number of hydrogen-bond acceptors (Lipinski definition) is 2. The van der Waals surface area contributed by atoms with Gasteiger partial charge < -0.3 is 4.74 Å². The number of rotatable bonds is 2. The molecule has 1 atom stereocenters. The molecule has 2 heteroatoms. The maximum Gasteiger partial charge on any atom is 0.157 e. The lowest BCUT2D eigenvalue weighted by atomic mass is 10.1. The van der Waals surface area contributed by atoms with Gasteiger partial charge in [-0.05, 0) is 19.8 Å². The Morgan fingerprint density at radius 3 is 2.80 bits per heavy atom. The highest BCUT2D eigenvalue weighted by atomic mass is 16.5. The highest BCUT2D eigenvalue weighted by molar-refractivity contribution is 5.93. The number of ether oxygens (including phenoxy) is 1. The van der Waals surface area contributed by atoms with Crippen molar-refractivity contribution in [2.24, 2.45) is 0 Å². The topological polar surface area (TPSA) is 26.3 Å². The van der Waals surface area contributed by atoms with Crippen molar-refractivity contribution in [3.8, 4) is 0 Å². The fourth-order valence-electron chi connectivity index (χ4n) is 1.08. The van der Waals surface area contributed by atoms with E-state index >= 15 is 0 Å². The molecule has 0 spiro atoms. The zero-order chi connectivity index (χ0) is 7.56. The third-order valence-electron chi connectivity index (χ3n) is 1.77. The van der Waals surface area contributed by atoms with Crippen LogP contribution in [0.1, 0.15) is 19.8 Å². The van der Waals surface area contributed by atoms with Gasteiger partial charge in [0.15, 0.2) is 5.78 Å². The minimum Gasteiger partial charge on any atom is -0.373 e. The summed E-state index contributed by atoms with van der Waals surface area (Å²) in [5, 5.41) is 0. The fraction of sp³-hybridized carbons (Fsp3) is 0.625. The smallest absolute Gasteiger partial charge is 0.157 e. The molecule has 1 heterocycles. The molecule has 0 aromatic carbocycles. The summed E-state index contributed by atoms with van der Waals surface area (Å²) < 4.78 is 5.26. The van der Waals surface area contributed by atoms with E-state index in [4.69, 9.17) is 4.74 Å². The lowest BCUT2D eigenvalue weighted by molar-refractivity contribution is -0.114. The molecule has 56 valence electrons. The van der Waals surface area contributed by atoms with Crippen LogP contribution in [0, 0.1) is 0 Å². The van der Waals surface area contributed by atoms with Crippen molar-refractivity contribution in [3.05, 3.63) is 12.2 Å². The van der Waals surface area contributed by atoms with Crippen LogP contribution < -0.4 is 0 Å². The molecule has 0 aromatic heterocycles. The molecule has 1 unspecified atom stereocenters. The number of Topliss-reactive ketones (excluding diaryl/α,β-unsaturated/α-hetero) is 1. The number of ketones is 1. The van der Waals surface area contributed by atoms with Gasteiger partial charge in [-0.15, -0.1) is 0 Å². The predicted molar refractivity (Wildman–Crippen MR) is 38.8 cm³/mol. The maximum atomic E-state index is 10.8. The lowest BCUT2D eigenvalue weighted by Gasteiger charge is -2.08. The molecular formula is C8H12O2. The maximum absolute atomic E-state index is 10.8. The first-order chi connectivity index (χ1) is 4.72. The Balaban J connectivity index is 2.48. The van der Waals surface area contributed by atoms with E-state index in [9.17, 15) is 4.79 Å². The number of carbonyl (C=O) groups is 1. The minimum absolute atomic E-state index is 0.0116. The van der Waals surface area contributed by atoms with Crippen molar-refractivity contribution >= 4 is 5.78 Å². The van der Waals surface area contributed by atoms with Crippen LogP contribution in [0.3, 0.4) is 0 Å². The Morgan fingerprint density at radius 2 is 2.40 bits per heavy atom. The Hall–Kier alpha value is -0.630. The lowest BCUT2D eigenvalue weighted by Crippen LogP contribution is -2.13. The van der Waals surface area contributed by atoms with Gasteiger partial charge in [-0.2, -0.15) is 0 Å². The minimum atomic E-state index is 0.0116. The zero-order valence-corrected chi connectivity index (χ0v) is 6.22. The summed E-state index contributed by atoms with van der Waals surface area (Å²) in [7, 11) is 0. The Kier molecular flexibility index (Phi) is 2.22. The van der Waals surface area contributed by atoms with Crippen molar-refractivity contribution in [2.45, 2.75) is 25.9 Å². The van der Waals surface area contributed by atoms with Gasteiger partial charge in [0.2, 0.25) is 0 Å². The highest BCUT2D eigenvalue weighted by Crippen LogP contribution is 2.18. The summed E-state index contributed by atoms with van der Waals surface area (Å²) >= 11 is 0. The number of hydrogen-bond donors (Lipinski definition) is 0. The summed E-state index contributed by atoms with van der Waals surface area (Å²) in [6.07, 6.45) is 2.02. The van der Waals surface area contributed by atoms with Crippen LogP contribution in [-0.2, 0) is 9.53 Å². The van der Waals surface area contributed by atoms with Gasteiger partial charge in [-0.1, -0.05) is 6.58 Å². The largest absolute Gasteiger partial charge is 0.373 e. The first kappa shape index (κ1) is 7.48.